The Morgan fingerprint density at radius 1 is 0.592 bits per heavy atom. The van der Waals surface area contributed by atoms with Crippen LogP contribution in [0, 0.1) is 0 Å². The van der Waals surface area contributed by atoms with Gasteiger partial charge in [0, 0.05) is 12.2 Å². The maximum absolute atomic E-state index is 12.7. The predicted octanol–water partition coefficient (Wildman–Crippen LogP) is 5.90. The Morgan fingerprint density at radius 2 is 1.02 bits per heavy atom. The van der Waals surface area contributed by atoms with Crippen LogP contribution in [0.5, 0.6) is 11.5 Å². The van der Waals surface area contributed by atoms with Gasteiger partial charge in [-0.1, -0.05) is 13.2 Å². The Labute approximate surface area is 285 Å². The molecule has 0 heterocycles. The van der Waals surface area contributed by atoms with Crippen LogP contribution in [0.2, 0.25) is 0 Å². The van der Waals surface area contributed by atoms with E-state index in [1.807, 2.05) is 0 Å². The number of ether oxygens (including phenoxy) is 8. The molecule has 0 saturated heterocycles. The third-order valence-electron chi connectivity index (χ3n) is 7.12. The van der Waals surface area contributed by atoms with Crippen molar-refractivity contribution in [2.45, 2.75) is 63.6 Å². The number of hydrogen-bond donors (Lipinski definition) is 0. The van der Waals surface area contributed by atoms with E-state index in [4.69, 9.17) is 37.9 Å². The Balaban J connectivity index is 1.27. The number of benzene rings is 2. The molecule has 1 aliphatic carbocycles. The fourth-order valence-corrected chi connectivity index (χ4v) is 4.48. The summed E-state index contributed by atoms with van der Waals surface area (Å²) in [4.78, 5) is 59.1. The second kappa shape index (κ2) is 21.7. The zero-order valence-electron chi connectivity index (χ0n) is 27.3. The van der Waals surface area contributed by atoms with E-state index in [1.165, 1.54) is 24.3 Å². The van der Waals surface area contributed by atoms with Gasteiger partial charge in [0.15, 0.2) is 6.79 Å². The molecule has 0 aliphatic heterocycles. The van der Waals surface area contributed by atoms with E-state index in [9.17, 15) is 24.0 Å². The highest BCUT2D eigenvalue weighted by molar-refractivity contribution is 5.90. The van der Waals surface area contributed by atoms with Crippen LogP contribution in [0.1, 0.15) is 72.1 Å². The lowest BCUT2D eigenvalue weighted by Gasteiger charge is -2.28. The number of esters is 4. The number of unbranched alkanes of at least 4 members (excludes halogenated alkanes) is 2. The number of carbonyl (C=O) groups excluding carboxylic acids is 5. The average Bonchev–Trinajstić information content (AvgIpc) is 3.11. The molecule has 0 spiro atoms. The molecule has 2 aromatic rings. The molecule has 49 heavy (non-hydrogen) atoms. The van der Waals surface area contributed by atoms with Crippen LogP contribution in [0.15, 0.2) is 73.8 Å². The lowest BCUT2D eigenvalue weighted by Crippen LogP contribution is -2.29. The van der Waals surface area contributed by atoms with E-state index >= 15 is 0 Å². The highest BCUT2D eigenvalue weighted by Gasteiger charge is 2.27. The van der Waals surface area contributed by atoms with Crippen molar-refractivity contribution in [3.63, 3.8) is 0 Å². The minimum atomic E-state index is -0.890. The van der Waals surface area contributed by atoms with Crippen molar-refractivity contribution in [2.75, 3.05) is 33.2 Å². The first-order valence-electron chi connectivity index (χ1n) is 16.0. The molecule has 0 amide bonds. The minimum absolute atomic E-state index is 0.0431. The van der Waals surface area contributed by atoms with Crippen molar-refractivity contribution in [1.29, 1.82) is 0 Å². The van der Waals surface area contributed by atoms with E-state index in [2.05, 4.69) is 13.2 Å². The summed E-state index contributed by atoms with van der Waals surface area (Å²) in [5, 5.41) is 0. The minimum Gasteiger partial charge on any atom is -0.468 e. The molecule has 0 radical (unpaired) electrons. The second-order valence-electron chi connectivity index (χ2n) is 10.8. The van der Waals surface area contributed by atoms with Gasteiger partial charge in [0.25, 0.3) is 0 Å². The highest BCUT2D eigenvalue weighted by Crippen LogP contribution is 2.26. The van der Waals surface area contributed by atoms with Crippen molar-refractivity contribution in [3.8, 4) is 11.5 Å². The Kier molecular flexibility index (Phi) is 16.9. The fourth-order valence-electron chi connectivity index (χ4n) is 4.48. The predicted molar refractivity (Wildman–Crippen MR) is 174 cm³/mol. The monoisotopic (exact) mass is 682 g/mol. The van der Waals surface area contributed by atoms with Gasteiger partial charge in [-0.05, 0) is 99.9 Å². The van der Waals surface area contributed by atoms with Crippen LogP contribution in [-0.2, 0) is 38.0 Å². The molecule has 264 valence electrons. The van der Waals surface area contributed by atoms with Gasteiger partial charge >= 0.3 is 30.0 Å². The maximum atomic E-state index is 12.7. The third-order valence-corrected chi connectivity index (χ3v) is 7.12. The molecule has 1 saturated carbocycles. The van der Waals surface area contributed by atoms with E-state index in [1.54, 1.807) is 24.3 Å². The lowest BCUT2D eigenvalue weighted by atomic mass is 9.95. The van der Waals surface area contributed by atoms with Crippen LogP contribution < -0.4 is 9.47 Å². The van der Waals surface area contributed by atoms with Crippen molar-refractivity contribution in [3.05, 3.63) is 85.0 Å². The quantitative estimate of drug-likeness (QED) is 0.0406. The summed E-state index contributed by atoms with van der Waals surface area (Å²) in [5.74, 6) is -1.17. The smallest absolute Gasteiger partial charge is 0.468 e. The van der Waals surface area contributed by atoms with E-state index in [0.29, 0.717) is 81.5 Å². The van der Waals surface area contributed by atoms with Gasteiger partial charge in [-0.2, -0.15) is 0 Å². The molecular weight excluding hydrogens is 640 g/mol. The SMILES string of the molecule is C=CC(=O)OCCCCOCOc1ccc(C(=O)O[C@H]2CC[C@H](OC(=O)c3ccc(OC(=O)OCCCCOC(=O)C=C)cc3)CC2)cc1. The second-order valence-corrected chi connectivity index (χ2v) is 10.8. The summed E-state index contributed by atoms with van der Waals surface area (Å²) in [6.07, 6.45) is 5.25. The lowest BCUT2D eigenvalue weighted by molar-refractivity contribution is -0.138. The van der Waals surface area contributed by atoms with Crippen LogP contribution in [0.4, 0.5) is 4.79 Å². The summed E-state index contributed by atoms with van der Waals surface area (Å²) >= 11 is 0. The summed E-state index contributed by atoms with van der Waals surface area (Å²) in [6, 6.07) is 12.5. The Hall–Kier alpha value is -5.17. The molecule has 2 aromatic carbocycles. The summed E-state index contributed by atoms with van der Waals surface area (Å²) in [6.45, 7) is 7.73. The topological polar surface area (TPSA) is 159 Å². The normalized spacial score (nSPS) is 15.2. The van der Waals surface area contributed by atoms with Crippen molar-refractivity contribution in [1.82, 2.24) is 0 Å². The standard InChI is InChI=1S/C36H42O13/c1-3-32(37)43-22-6-5-21-42-25-46-28-13-9-26(10-14-28)34(39)47-29-17-19-30(20-18-29)48-35(40)27-11-15-31(16-12-27)49-36(41)45-24-8-7-23-44-33(38)4-2/h3-4,9-16,29-30H,1-2,5-8,17-25H2/t29-,30-. The van der Waals surface area contributed by atoms with Gasteiger partial charge in [-0.15, -0.1) is 0 Å². The first-order valence-corrected chi connectivity index (χ1v) is 16.0. The Morgan fingerprint density at radius 3 is 1.49 bits per heavy atom. The summed E-state index contributed by atoms with van der Waals surface area (Å²) in [7, 11) is 0. The maximum Gasteiger partial charge on any atom is 0.513 e. The van der Waals surface area contributed by atoms with Crippen LogP contribution in [0.25, 0.3) is 0 Å². The molecule has 0 bridgehead atoms. The largest absolute Gasteiger partial charge is 0.513 e. The molecule has 3 rings (SSSR count). The summed E-state index contributed by atoms with van der Waals surface area (Å²) < 4.78 is 42.1. The average molecular weight is 683 g/mol. The van der Waals surface area contributed by atoms with Gasteiger partial charge in [-0.3, -0.25) is 0 Å². The third kappa shape index (κ3) is 15.1. The molecule has 13 heteroatoms. The van der Waals surface area contributed by atoms with Crippen molar-refractivity contribution >= 4 is 30.0 Å². The zero-order valence-corrected chi connectivity index (χ0v) is 27.3. The molecule has 1 aliphatic rings. The number of rotatable bonds is 20. The van der Waals surface area contributed by atoms with Gasteiger partial charge in [0.05, 0.1) is 37.6 Å². The van der Waals surface area contributed by atoms with Crippen LogP contribution in [-0.4, -0.2) is 75.5 Å². The first kappa shape index (κ1) is 38.3. The van der Waals surface area contributed by atoms with Crippen LogP contribution >= 0.6 is 0 Å². The molecule has 0 N–H and O–H groups in total. The van der Waals surface area contributed by atoms with Crippen molar-refractivity contribution < 1.29 is 61.9 Å². The van der Waals surface area contributed by atoms with Gasteiger partial charge in [0.1, 0.15) is 23.7 Å². The van der Waals surface area contributed by atoms with Crippen LogP contribution in [0.3, 0.4) is 0 Å². The first-order chi connectivity index (χ1) is 23.8. The molecule has 13 nitrogen and oxygen atoms in total. The molecule has 0 aromatic heterocycles. The number of carbonyl (C=O) groups is 5. The van der Waals surface area contributed by atoms with Gasteiger partial charge < -0.3 is 37.9 Å². The highest BCUT2D eigenvalue weighted by atomic mass is 16.7. The van der Waals surface area contributed by atoms with E-state index in [-0.39, 0.29) is 38.0 Å². The number of hydrogen-bond acceptors (Lipinski definition) is 13. The van der Waals surface area contributed by atoms with E-state index in [0.717, 1.165) is 12.2 Å². The molecular formula is C36H42O13. The van der Waals surface area contributed by atoms with Gasteiger partial charge in [-0.25, -0.2) is 24.0 Å². The Bertz CT molecular complexity index is 1380. The fraction of sp³-hybridized carbons (Fsp3) is 0.417. The van der Waals surface area contributed by atoms with E-state index < -0.39 is 30.0 Å². The molecule has 0 unspecified atom stereocenters. The molecule has 0 atom stereocenters. The van der Waals surface area contributed by atoms with Gasteiger partial charge in [0.2, 0.25) is 0 Å². The molecule has 1 fully saturated rings. The zero-order chi connectivity index (χ0) is 35.3. The van der Waals surface area contributed by atoms with Crippen molar-refractivity contribution in [2.24, 2.45) is 0 Å². The summed E-state index contributed by atoms with van der Waals surface area (Å²) in [5.41, 5.74) is 0.686.